The van der Waals surface area contributed by atoms with E-state index in [9.17, 15) is 9.90 Å². The van der Waals surface area contributed by atoms with Crippen LogP contribution in [0.2, 0.25) is 0 Å². The summed E-state index contributed by atoms with van der Waals surface area (Å²) in [7, 11) is 1.77. The third-order valence-electron chi connectivity index (χ3n) is 4.44. The van der Waals surface area contributed by atoms with E-state index in [-0.39, 0.29) is 5.91 Å². The molecular formula is C15H21NO2. The van der Waals surface area contributed by atoms with Crippen LogP contribution in [0.3, 0.4) is 0 Å². The Balaban J connectivity index is 2.60. The molecule has 1 aliphatic rings. The molecule has 2 unspecified atom stereocenters. The number of likely N-dealkylation sites (N-methyl/N-ethyl adjacent to an activating group) is 1. The maximum atomic E-state index is 12.3. The molecule has 1 N–H and O–H groups in total. The van der Waals surface area contributed by atoms with Gasteiger partial charge in [-0.25, -0.2) is 0 Å². The zero-order chi connectivity index (χ0) is 13.6. The molecular weight excluding hydrogens is 226 g/mol. The van der Waals surface area contributed by atoms with Gasteiger partial charge in [0, 0.05) is 12.6 Å². The predicted molar refractivity (Wildman–Crippen MR) is 71.4 cm³/mol. The van der Waals surface area contributed by atoms with E-state index in [0.717, 1.165) is 12.0 Å². The molecule has 1 aliphatic heterocycles. The smallest absolute Gasteiger partial charge is 0.254 e. The van der Waals surface area contributed by atoms with Crippen molar-refractivity contribution in [2.75, 3.05) is 7.05 Å². The molecule has 0 fully saturated rings. The Hall–Kier alpha value is -1.35. The number of nitrogens with zero attached hydrogens (tertiary/aromatic N) is 1. The normalized spacial score (nSPS) is 26.1. The summed E-state index contributed by atoms with van der Waals surface area (Å²) in [5.41, 5.74) is 0.0463. The Morgan fingerprint density at radius 3 is 2.61 bits per heavy atom. The quantitative estimate of drug-likeness (QED) is 0.891. The van der Waals surface area contributed by atoms with Gasteiger partial charge in [-0.15, -0.1) is 0 Å². The largest absolute Gasteiger partial charge is 0.387 e. The minimum atomic E-state index is -0.932. The standard InChI is InChI=1S/C15H21NO2/c1-5-10-14(2,18)15(3)12-9-7-6-8-11(12)13(17)16(15)4/h6-9,18H,5,10H2,1-4H3. The molecule has 0 spiro atoms. The van der Waals surface area contributed by atoms with E-state index in [1.54, 1.807) is 11.9 Å². The fourth-order valence-electron chi connectivity index (χ4n) is 3.04. The number of hydrogen-bond acceptors (Lipinski definition) is 2. The summed E-state index contributed by atoms with van der Waals surface area (Å²) in [5.74, 6) is -0.00974. The average Bonchev–Trinajstić information content (AvgIpc) is 2.54. The molecule has 0 aromatic heterocycles. The van der Waals surface area contributed by atoms with Crippen LogP contribution in [-0.2, 0) is 5.54 Å². The molecule has 1 aromatic rings. The fourth-order valence-corrected chi connectivity index (χ4v) is 3.04. The molecule has 98 valence electrons. The van der Waals surface area contributed by atoms with Gasteiger partial charge in [-0.2, -0.15) is 0 Å². The van der Waals surface area contributed by atoms with Crippen LogP contribution in [0.1, 0.15) is 49.5 Å². The number of fused-ring (bicyclic) bond motifs is 1. The first-order chi connectivity index (χ1) is 8.36. The maximum Gasteiger partial charge on any atom is 0.254 e. The Kier molecular flexibility index (Phi) is 2.98. The summed E-state index contributed by atoms with van der Waals surface area (Å²) in [4.78, 5) is 14.0. The Morgan fingerprint density at radius 2 is 2.00 bits per heavy atom. The highest BCUT2D eigenvalue weighted by atomic mass is 16.3. The molecule has 0 saturated carbocycles. The summed E-state index contributed by atoms with van der Waals surface area (Å²) in [6, 6.07) is 7.57. The molecule has 0 aliphatic carbocycles. The first-order valence-electron chi connectivity index (χ1n) is 6.46. The number of aliphatic hydroxyl groups is 1. The van der Waals surface area contributed by atoms with Gasteiger partial charge in [0.1, 0.15) is 0 Å². The van der Waals surface area contributed by atoms with Gasteiger partial charge in [0.25, 0.3) is 5.91 Å². The van der Waals surface area contributed by atoms with Crippen LogP contribution in [-0.4, -0.2) is 28.6 Å². The number of rotatable bonds is 3. The second kappa shape index (κ2) is 4.09. The second-order valence-corrected chi connectivity index (χ2v) is 5.51. The van der Waals surface area contributed by atoms with Gasteiger partial charge in [0.2, 0.25) is 0 Å². The summed E-state index contributed by atoms with van der Waals surface area (Å²) >= 11 is 0. The lowest BCUT2D eigenvalue weighted by Crippen LogP contribution is -2.55. The zero-order valence-electron chi connectivity index (χ0n) is 11.5. The van der Waals surface area contributed by atoms with Crippen LogP contribution in [0.25, 0.3) is 0 Å². The first kappa shape index (κ1) is 13.1. The number of carbonyl (C=O) groups is 1. The highest BCUT2D eigenvalue weighted by molar-refractivity contribution is 6.00. The highest BCUT2D eigenvalue weighted by Gasteiger charge is 2.54. The van der Waals surface area contributed by atoms with Gasteiger partial charge in [-0.3, -0.25) is 4.79 Å². The van der Waals surface area contributed by atoms with Crippen LogP contribution in [0.4, 0.5) is 0 Å². The first-order valence-corrected chi connectivity index (χ1v) is 6.46. The van der Waals surface area contributed by atoms with Gasteiger partial charge in [-0.1, -0.05) is 31.5 Å². The molecule has 0 bridgehead atoms. The van der Waals surface area contributed by atoms with E-state index in [4.69, 9.17) is 0 Å². The van der Waals surface area contributed by atoms with Crippen LogP contribution in [0.15, 0.2) is 24.3 Å². The minimum Gasteiger partial charge on any atom is -0.387 e. The van der Waals surface area contributed by atoms with Crippen molar-refractivity contribution >= 4 is 5.91 Å². The molecule has 2 rings (SSSR count). The summed E-state index contributed by atoms with van der Waals surface area (Å²) in [6.45, 7) is 5.81. The SMILES string of the molecule is CCCC(C)(O)C1(C)c2ccccc2C(=O)N1C. The third-order valence-corrected chi connectivity index (χ3v) is 4.44. The van der Waals surface area contributed by atoms with Crippen LogP contribution < -0.4 is 0 Å². The van der Waals surface area contributed by atoms with Crippen LogP contribution >= 0.6 is 0 Å². The Labute approximate surface area is 108 Å². The van der Waals surface area contributed by atoms with E-state index in [0.29, 0.717) is 12.0 Å². The van der Waals surface area contributed by atoms with Gasteiger partial charge < -0.3 is 10.0 Å². The van der Waals surface area contributed by atoms with Crippen molar-refractivity contribution in [2.24, 2.45) is 0 Å². The van der Waals surface area contributed by atoms with Crippen molar-refractivity contribution in [1.29, 1.82) is 0 Å². The van der Waals surface area contributed by atoms with Crippen molar-refractivity contribution in [3.63, 3.8) is 0 Å². The van der Waals surface area contributed by atoms with E-state index in [1.807, 2.05) is 45.0 Å². The van der Waals surface area contributed by atoms with Crippen LogP contribution in [0, 0.1) is 0 Å². The molecule has 2 atom stereocenters. The molecule has 1 heterocycles. The van der Waals surface area contributed by atoms with Crippen LogP contribution in [0.5, 0.6) is 0 Å². The Morgan fingerprint density at radius 1 is 1.39 bits per heavy atom. The van der Waals surface area contributed by atoms with Gasteiger partial charge >= 0.3 is 0 Å². The molecule has 3 nitrogen and oxygen atoms in total. The number of carbonyl (C=O) groups excluding carboxylic acids is 1. The second-order valence-electron chi connectivity index (χ2n) is 5.51. The van der Waals surface area contributed by atoms with Gasteiger partial charge in [0.15, 0.2) is 0 Å². The van der Waals surface area contributed by atoms with Crippen molar-refractivity contribution in [2.45, 2.75) is 44.8 Å². The highest BCUT2D eigenvalue weighted by Crippen LogP contribution is 2.46. The van der Waals surface area contributed by atoms with Crippen molar-refractivity contribution in [3.05, 3.63) is 35.4 Å². The fraction of sp³-hybridized carbons (Fsp3) is 0.533. The van der Waals surface area contributed by atoms with E-state index >= 15 is 0 Å². The van der Waals surface area contributed by atoms with Crippen molar-refractivity contribution in [1.82, 2.24) is 4.90 Å². The lowest BCUT2D eigenvalue weighted by molar-refractivity contribution is -0.0775. The van der Waals surface area contributed by atoms with Gasteiger partial charge in [-0.05, 0) is 31.9 Å². The maximum absolute atomic E-state index is 12.3. The zero-order valence-corrected chi connectivity index (χ0v) is 11.5. The molecule has 0 saturated heterocycles. The molecule has 0 radical (unpaired) electrons. The third kappa shape index (κ3) is 1.50. The molecule has 18 heavy (non-hydrogen) atoms. The average molecular weight is 247 g/mol. The van der Waals surface area contributed by atoms with E-state index in [2.05, 4.69) is 0 Å². The summed E-state index contributed by atoms with van der Waals surface area (Å²) < 4.78 is 0. The van der Waals surface area contributed by atoms with Crippen molar-refractivity contribution < 1.29 is 9.90 Å². The van der Waals surface area contributed by atoms with Crippen molar-refractivity contribution in [3.8, 4) is 0 Å². The number of benzene rings is 1. The lowest BCUT2D eigenvalue weighted by Gasteiger charge is -2.45. The minimum absolute atomic E-state index is 0.00974. The molecule has 1 amide bonds. The molecule has 3 heteroatoms. The lowest BCUT2D eigenvalue weighted by atomic mass is 9.74. The summed E-state index contributed by atoms with van der Waals surface area (Å²) in [6.07, 6.45) is 1.54. The number of amides is 1. The predicted octanol–water partition coefficient (Wildman–Crippen LogP) is 2.54. The van der Waals surface area contributed by atoms with Gasteiger partial charge in [0.05, 0.1) is 11.1 Å². The van der Waals surface area contributed by atoms with E-state index in [1.165, 1.54) is 0 Å². The topological polar surface area (TPSA) is 40.5 Å². The molecule has 1 aromatic carbocycles. The Bertz CT molecular complexity index is 481. The summed E-state index contributed by atoms with van der Waals surface area (Å²) in [5, 5.41) is 10.8. The monoisotopic (exact) mass is 247 g/mol. The number of hydrogen-bond donors (Lipinski definition) is 1. The van der Waals surface area contributed by atoms with E-state index < -0.39 is 11.1 Å².